The van der Waals surface area contributed by atoms with Crippen LogP contribution in [0.2, 0.25) is 0 Å². The van der Waals surface area contributed by atoms with Crippen molar-refractivity contribution in [3.05, 3.63) is 65.5 Å². The van der Waals surface area contributed by atoms with E-state index in [1.165, 1.54) is 6.07 Å². The Morgan fingerprint density at radius 3 is 2.65 bits per heavy atom. The van der Waals surface area contributed by atoms with Crippen LogP contribution < -0.4 is 5.32 Å². The van der Waals surface area contributed by atoms with Crippen LogP contribution in [0.4, 0.5) is 0 Å². The van der Waals surface area contributed by atoms with Gasteiger partial charge in [0.2, 0.25) is 5.91 Å². The summed E-state index contributed by atoms with van der Waals surface area (Å²) in [4.78, 5) is 26.8. The second-order valence-corrected chi connectivity index (χ2v) is 4.28. The first-order valence-electron chi connectivity index (χ1n) is 6.13. The van der Waals surface area contributed by atoms with Crippen LogP contribution in [-0.2, 0) is 17.8 Å². The van der Waals surface area contributed by atoms with Crippen molar-refractivity contribution in [2.75, 3.05) is 0 Å². The summed E-state index contributed by atoms with van der Waals surface area (Å²) in [5, 5.41) is 11.8. The van der Waals surface area contributed by atoms with Gasteiger partial charge in [-0.25, -0.2) is 4.79 Å². The number of carbonyl (C=O) groups excluding carboxylic acids is 1. The van der Waals surface area contributed by atoms with Gasteiger partial charge in [-0.1, -0.05) is 24.3 Å². The first kappa shape index (κ1) is 13.7. The zero-order valence-electron chi connectivity index (χ0n) is 10.7. The van der Waals surface area contributed by atoms with E-state index in [0.29, 0.717) is 12.1 Å². The van der Waals surface area contributed by atoms with Gasteiger partial charge in [0.05, 0.1) is 12.0 Å². The molecule has 2 aromatic rings. The largest absolute Gasteiger partial charge is 0.478 e. The van der Waals surface area contributed by atoms with E-state index in [0.717, 1.165) is 5.56 Å². The molecule has 0 saturated carbocycles. The van der Waals surface area contributed by atoms with Crippen LogP contribution in [0.25, 0.3) is 0 Å². The number of carboxylic acid groups (broad SMARTS) is 1. The Balaban J connectivity index is 1.97. The quantitative estimate of drug-likeness (QED) is 0.865. The molecule has 2 rings (SSSR count). The third-order valence-corrected chi connectivity index (χ3v) is 2.81. The molecule has 2 N–H and O–H groups in total. The molecule has 0 aliphatic heterocycles. The highest BCUT2D eigenvalue weighted by molar-refractivity contribution is 5.91. The molecule has 0 spiro atoms. The molecule has 1 heterocycles. The van der Waals surface area contributed by atoms with Gasteiger partial charge in [0.1, 0.15) is 0 Å². The van der Waals surface area contributed by atoms with Gasteiger partial charge in [0.15, 0.2) is 0 Å². The van der Waals surface area contributed by atoms with E-state index in [9.17, 15) is 9.59 Å². The average molecular weight is 270 g/mol. The molecule has 0 aliphatic rings. The highest BCUT2D eigenvalue weighted by atomic mass is 16.4. The molecule has 0 atom stereocenters. The number of nitrogens with zero attached hydrogens (tertiary/aromatic N) is 1. The number of amides is 1. The summed E-state index contributed by atoms with van der Waals surface area (Å²) in [5.74, 6) is -1.25. The third kappa shape index (κ3) is 3.65. The van der Waals surface area contributed by atoms with Crippen molar-refractivity contribution < 1.29 is 14.7 Å². The minimum absolute atomic E-state index is 0.0444. The van der Waals surface area contributed by atoms with E-state index >= 15 is 0 Å². The molecule has 20 heavy (non-hydrogen) atoms. The van der Waals surface area contributed by atoms with Gasteiger partial charge in [-0.3, -0.25) is 9.78 Å². The van der Waals surface area contributed by atoms with Crippen molar-refractivity contribution >= 4 is 11.9 Å². The predicted octanol–water partition coefficient (Wildman–Crippen LogP) is 1.64. The van der Waals surface area contributed by atoms with Crippen molar-refractivity contribution in [3.8, 4) is 0 Å². The van der Waals surface area contributed by atoms with Crippen LogP contribution in [0.15, 0.2) is 48.8 Å². The van der Waals surface area contributed by atoms with E-state index < -0.39 is 5.97 Å². The Morgan fingerprint density at radius 2 is 1.95 bits per heavy atom. The highest BCUT2D eigenvalue weighted by Gasteiger charge is 2.12. The van der Waals surface area contributed by atoms with E-state index in [1.54, 1.807) is 36.7 Å². The van der Waals surface area contributed by atoms with Crippen molar-refractivity contribution in [3.63, 3.8) is 0 Å². The summed E-state index contributed by atoms with van der Waals surface area (Å²) >= 11 is 0. The number of aromatic carboxylic acids is 1. The maximum Gasteiger partial charge on any atom is 0.335 e. The summed E-state index contributed by atoms with van der Waals surface area (Å²) in [6.07, 6.45) is 3.38. The van der Waals surface area contributed by atoms with Gasteiger partial charge in [0, 0.05) is 18.9 Å². The van der Waals surface area contributed by atoms with Crippen LogP contribution in [0.1, 0.15) is 21.5 Å². The lowest BCUT2D eigenvalue weighted by molar-refractivity contribution is -0.120. The molecule has 5 nitrogen and oxygen atoms in total. The van der Waals surface area contributed by atoms with Crippen molar-refractivity contribution in [1.29, 1.82) is 0 Å². The second kappa shape index (κ2) is 6.47. The SMILES string of the molecule is O=C(Cc1ccccc1C(=O)O)NCc1cccnc1. The summed E-state index contributed by atoms with van der Waals surface area (Å²) in [5.41, 5.74) is 1.56. The normalized spacial score (nSPS) is 10.0. The van der Waals surface area contributed by atoms with Crippen molar-refractivity contribution in [2.45, 2.75) is 13.0 Å². The third-order valence-electron chi connectivity index (χ3n) is 2.81. The zero-order chi connectivity index (χ0) is 14.4. The summed E-state index contributed by atoms with van der Waals surface area (Å²) in [6.45, 7) is 0.377. The van der Waals surface area contributed by atoms with E-state index in [4.69, 9.17) is 5.11 Å². The number of carboxylic acids is 1. The number of nitrogens with one attached hydrogen (secondary N) is 1. The minimum Gasteiger partial charge on any atom is -0.478 e. The number of benzene rings is 1. The van der Waals surface area contributed by atoms with Gasteiger partial charge in [0.25, 0.3) is 0 Å². The smallest absolute Gasteiger partial charge is 0.335 e. The first-order valence-corrected chi connectivity index (χ1v) is 6.13. The highest BCUT2D eigenvalue weighted by Crippen LogP contribution is 2.09. The van der Waals surface area contributed by atoms with Crippen LogP contribution in [0, 0.1) is 0 Å². The number of hydrogen-bond donors (Lipinski definition) is 2. The van der Waals surface area contributed by atoms with Gasteiger partial charge in [-0.15, -0.1) is 0 Å². The number of rotatable bonds is 5. The Labute approximate surface area is 116 Å². The number of carbonyl (C=O) groups is 2. The monoisotopic (exact) mass is 270 g/mol. The minimum atomic E-state index is -1.03. The van der Waals surface area contributed by atoms with Gasteiger partial charge in [-0.2, -0.15) is 0 Å². The molecular formula is C15H14N2O3. The second-order valence-electron chi connectivity index (χ2n) is 4.28. The number of hydrogen-bond acceptors (Lipinski definition) is 3. The molecule has 1 amide bonds. The molecule has 1 aromatic heterocycles. The zero-order valence-corrected chi connectivity index (χ0v) is 10.7. The molecule has 5 heteroatoms. The molecular weight excluding hydrogens is 256 g/mol. The number of pyridine rings is 1. The Morgan fingerprint density at radius 1 is 1.15 bits per heavy atom. The molecule has 0 saturated heterocycles. The molecule has 0 unspecified atom stereocenters. The van der Waals surface area contributed by atoms with Gasteiger partial charge in [-0.05, 0) is 23.3 Å². The summed E-state index contributed by atoms with van der Waals surface area (Å²) in [6, 6.07) is 10.1. The molecule has 0 fully saturated rings. The van der Waals surface area contributed by atoms with E-state index in [-0.39, 0.29) is 17.9 Å². The van der Waals surface area contributed by atoms with Gasteiger partial charge >= 0.3 is 5.97 Å². The van der Waals surface area contributed by atoms with Gasteiger partial charge < -0.3 is 10.4 Å². The summed E-state index contributed by atoms with van der Waals surface area (Å²) in [7, 11) is 0. The molecule has 1 aromatic carbocycles. The molecule has 102 valence electrons. The lowest BCUT2D eigenvalue weighted by Gasteiger charge is -2.07. The van der Waals surface area contributed by atoms with Crippen LogP contribution >= 0.6 is 0 Å². The fourth-order valence-electron chi connectivity index (χ4n) is 1.82. The lowest BCUT2D eigenvalue weighted by atomic mass is 10.0. The maximum atomic E-state index is 11.8. The van der Waals surface area contributed by atoms with Crippen molar-refractivity contribution in [2.24, 2.45) is 0 Å². The van der Waals surface area contributed by atoms with Crippen LogP contribution in [0.5, 0.6) is 0 Å². The van der Waals surface area contributed by atoms with E-state index in [1.807, 2.05) is 6.07 Å². The standard InChI is InChI=1S/C15H14N2O3/c18-14(17-10-11-4-3-7-16-9-11)8-12-5-1-2-6-13(12)15(19)20/h1-7,9H,8,10H2,(H,17,18)(H,19,20). The predicted molar refractivity (Wildman–Crippen MR) is 73.2 cm³/mol. The van der Waals surface area contributed by atoms with Crippen molar-refractivity contribution in [1.82, 2.24) is 10.3 Å². The topological polar surface area (TPSA) is 79.3 Å². The fourth-order valence-corrected chi connectivity index (χ4v) is 1.82. The lowest BCUT2D eigenvalue weighted by Crippen LogP contribution is -2.25. The number of aromatic nitrogens is 1. The Hall–Kier alpha value is -2.69. The molecule has 0 bridgehead atoms. The molecule has 0 radical (unpaired) electrons. The molecule has 0 aliphatic carbocycles. The fraction of sp³-hybridized carbons (Fsp3) is 0.133. The Bertz CT molecular complexity index is 612. The van der Waals surface area contributed by atoms with Crippen LogP contribution in [0.3, 0.4) is 0 Å². The van der Waals surface area contributed by atoms with E-state index in [2.05, 4.69) is 10.3 Å². The average Bonchev–Trinajstić information content (AvgIpc) is 2.46. The summed E-state index contributed by atoms with van der Waals surface area (Å²) < 4.78 is 0. The van der Waals surface area contributed by atoms with Crippen LogP contribution in [-0.4, -0.2) is 22.0 Å². The first-order chi connectivity index (χ1) is 9.66. The Kier molecular flexibility index (Phi) is 4.44. The maximum absolute atomic E-state index is 11.8.